The molecule has 0 aliphatic heterocycles. The number of aromatic nitrogens is 1. The summed E-state index contributed by atoms with van der Waals surface area (Å²) in [5.41, 5.74) is 2.65. The van der Waals surface area contributed by atoms with Gasteiger partial charge >= 0.3 is 0 Å². The van der Waals surface area contributed by atoms with Crippen molar-refractivity contribution in [2.45, 2.75) is 71.9 Å². The molecule has 1 aromatic rings. The van der Waals surface area contributed by atoms with E-state index in [1.807, 2.05) is 13.1 Å². The van der Waals surface area contributed by atoms with Gasteiger partial charge in [-0.3, -0.25) is 4.98 Å². The zero-order valence-electron chi connectivity index (χ0n) is 13.0. The summed E-state index contributed by atoms with van der Waals surface area (Å²) in [7, 11) is 0. The molecule has 0 aliphatic carbocycles. The Morgan fingerprint density at radius 1 is 1.17 bits per heavy atom. The standard InChI is InChI=1S/C16H28N2/c1-12(2)18-16(6,7)11-15(4,5)14-9-8-13(3)17-10-14/h8-10,12,18H,11H2,1-7H3. The summed E-state index contributed by atoms with van der Waals surface area (Å²) < 4.78 is 0. The van der Waals surface area contributed by atoms with Crippen LogP contribution in [-0.4, -0.2) is 16.6 Å². The normalized spacial score (nSPS) is 13.1. The Morgan fingerprint density at radius 3 is 2.22 bits per heavy atom. The Balaban J connectivity index is 2.83. The number of pyridine rings is 1. The molecule has 0 atom stereocenters. The van der Waals surface area contributed by atoms with E-state index in [4.69, 9.17) is 0 Å². The molecule has 1 heterocycles. The van der Waals surface area contributed by atoms with E-state index in [-0.39, 0.29) is 11.0 Å². The third-order valence-corrected chi connectivity index (χ3v) is 3.26. The van der Waals surface area contributed by atoms with Crippen LogP contribution in [0.2, 0.25) is 0 Å². The molecular formula is C16H28N2. The first-order chi connectivity index (χ1) is 8.12. The molecule has 0 unspecified atom stereocenters. The Hall–Kier alpha value is -0.890. The van der Waals surface area contributed by atoms with Crippen LogP contribution in [0.5, 0.6) is 0 Å². The third kappa shape index (κ3) is 4.41. The minimum absolute atomic E-state index is 0.128. The van der Waals surface area contributed by atoms with E-state index in [9.17, 15) is 0 Å². The van der Waals surface area contributed by atoms with Crippen molar-refractivity contribution in [2.24, 2.45) is 0 Å². The number of nitrogens with zero attached hydrogens (tertiary/aromatic N) is 1. The molecule has 0 saturated carbocycles. The lowest BCUT2D eigenvalue weighted by Crippen LogP contribution is -2.47. The van der Waals surface area contributed by atoms with E-state index >= 15 is 0 Å². The first kappa shape index (κ1) is 15.2. The lowest BCUT2D eigenvalue weighted by molar-refractivity contribution is 0.270. The Kier molecular flexibility index (Phi) is 4.55. The van der Waals surface area contributed by atoms with Crippen LogP contribution in [0.1, 0.15) is 59.2 Å². The third-order valence-electron chi connectivity index (χ3n) is 3.26. The van der Waals surface area contributed by atoms with Crippen molar-refractivity contribution in [3.05, 3.63) is 29.6 Å². The maximum absolute atomic E-state index is 4.42. The van der Waals surface area contributed by atoms with Gasteiger partial charge < -0.3 is 5.32 Å². The second kappa shape index (κ2) is 5.40. The molecule has 0 bridgehead atoms. The van der Waals surface area contributed by atoms with Gasteiger partial charge in [-0.1, -0.05) is 33.8 Å². The molecule has 1 N–H and O–H groups in total. The van der Waals surface area contributed by atoms with Crippen molar-refractivity contribution in [3.63, 3.8) is 0 Å². The van der Waals surface area contributed by atoms with Crippen LogP contribution < -0.4 is 5.32 Å². The summed E-state index contributed by atoms with van der Waals surface area (Å²) >= 11 is 0. The van der Waals surface area contributed by atoms with E-state index in [1.54, 1.807) is 0 Å². The highest BCUT2D eigenvalue weighted by Crippen LogP contribution is 2.32. The second-order valence-electron chi connectivity index (χ2n) is 6.93. The minimum atomic E-state index is 0.128. The summed E-state index contributed by atoms with van der Waals surface area (Å²) in [4.78, 5) is 4.42. The largest absolute Gasteiger partial charge is 0.310 e. The number of aryl methyl sites for hydroxylation is 1. The highest BCUT2D eigenvalue weighted by atomic mass is 15.0. The number of rotatable bonds is 5. The molecule has 18 heavy (non-hydrogen) atoms. The van der Waals surface area contributed by atoms with Gasteiger partial charge in [-0.15, -0.1) is 0 Å². The van der Waals surface area contributed by atoms with Crippen molar-refractivity contribution in [3.8, 4) is 0 Å². The molecule has 0 amide bonds. The molecule has 0 spiro atoms. The first-order valence-corrected chi connectivity index (χ1v) is 6.83. The van der Waals surface area contributed by atoms with Crippen molar-refractivity contribution in [1.29, 1.82) is 0 Å². The van der Waals surface area contributed by atoms with Crippen LogP contribution >= 0.6 is 0 Å². The van der Waals surface area contributed by atoms with Crippen LogP contribution in [0.3, 0.4) is 0 Å². The van der Waals surface area contributed by atoms with Crippen LogP contribution in [0, 0.1) is 6.92 Å². The van der Waals surface area contributed by atoms with Crippen LogP contribution in [0.4, 0.5) is 0 Å². The summed E-state index contributed by atoms with van der Waals surface area (Å²) in [5, 5.41) is 3.64. The zero-order valence-corrected chi connectivity index (χ0v) is 13.0. The van der Waals surface area contributed by atoms with Gasteiger partial charge in [0.15, 0.2) is 0 Å². The van der Waals surface area contributed by atoms with Crippen molar-refractivity contribution >= 4 is 0 Å². The van der Waals surface area contributed by atoms with Crippen molar-refractivity contribution in [2.75, 3.05) is 0 Å². The predicted octanol–water partition coefficient (Wildman–Crippen LogP) is 3.83. The van der Waals surface area contributed by atoms with Gasteiger partial charge in [0.05, 0.1) is 0 Å². The number of hydrogen-bond acceptors (Lipinski definition) is 2. The molecule has 0 radical (unpaired) electrons. The molecule has 0 aromatic carbocycles. The molecule has 0 aliphatic rings. The van der Waals surface area contributed by atoms with Crippen LogP contribution in [0.25, 0.3) is 0 Å². The van der Waals surface area contributed by atoms with Gasteiger partial charge in [-0.2, -0.15) is 0 Å². The molecule has 1 aromatic heterocycles. The molecule has 2 nitrogen and oxygen atoms in total. The summed E-state index contributed by atoms with van der Waals surface area (Å²) in [6.07, 6.45) is 3.10. The van der Waals surface area contributed by atoms with Gasteiger partial charge in [0.1, 0.15) is 0 Å². The highest BCUT2D eigenvalue weighted by Gasteiger charge is 2.30. The van der Waals surface area contributed by atoms with Gasteiger partial charge in [0.25, 0.3) is 0 Å². The summed E-state index contributed by atoms with van der Waals surface area (Å²) in [6.45, 7) is 15.6. The average molecular weight is 248 g/mol. The van der Waals surface area contributed by atoms with Crippen molar-refractivity contribution in [1.82, 2.24) is 10.3 Å². The molecule has 102 valence electrons. The van der Waals surface area contributed by atoms with E-state index in [0.717, 1.165) is 12.1 Å². The van der Waals surface area contributed by atoms with Gasteiger partial charge in [0.2, 0.25) is 0 Å². The van der Waals surface area contributed by atoms with E-state index < -0.39 is 0 Å². The van der Waals surface area contributed by atoms with Crippen molar-refractivity contribution < 1.29 is 0 Å². The molecule has 0 fully saturated rings. The molecular weight excluding hydrogens is 220 g/mol. The van der Waals surface area contributed by atoms with E-state index in [2.05, 4.69) is 64.0 Å². The van der Waals surface area contributed by atoms with E-state index in [0.29, 0.717) is 6.04 Å². The fourth-order valence-electron chi connectivity index (χ4n) is 2.91. The fraction of sp³-hybridized carbons (Fsp3) is 0.688. The average Bonchev–Trinajstić information content (AvgIpc) is 2.13. The smallest absolute Gasteiger partial charge is 0.0372 e. The summed E-state index contributed by atoms with van der Waals surface area (Å²) in [6, 6.07) is 4.81. The number of hydrogen-bond donors (Lipinski definition) is 1. The predicted molar refractivity (Wildman–Crippen MR) is 79.0 cm³/mol. The SMILES string of the molecule is Cc1ccc(C(C)(C)CC(C)(C)NC(C)C)cn1. The second-order valence-corrected chi connectivity index (χ2v) is 6.93. The fourth-order valence-corrected chi connectivity index (χ4v) is 2.91. The highest BCUT2D eigenvalue weighted by molar-refractivity contribution is 5.22. The summed E-state index contributed by atoms with van der Waals surface area (Å²) in [5.74, 6) is 0. The maximum Gasteiger partial charge on any atom is 0.0372 e. The monoisotopic (exact) mass is 248 g/mol. The number of nitrogens with one attached hydrogen (secondary N) is 1. The van der Waals surface area contributed by atoms with Gasteiger partial charge in [-0.05, 0) is 44.2 Å². The van der Waals surface area contributed by atoms with Crippen LogP contribution in [0.15, 0.2) is 18.3 Å². The lowest BCUT2D eigenvalue weighted by atomic mass is 9.75. The van der Waals surface area contributed by atoms with Gasteiger partial charge in [0, 0.05) is 23.5 Å². The molecule has 0 saturated heterocycles. The lowest BCUT2D eigenvalue weighted by Gasteiger charge is -2.37. The minimum Gasteiger partial charge on any atom is -0.310 e. The van der Waals surface area contributed by atoms with Crippen LogP contribution in [-0.2, 0) is 5.41 Å². The zero-order chi connectivity index (χ0) is 14.0. The molecule has 2 heteroatoms. The van der Waals surface area contributed by atoms with Gasteiger partial charge in [-0.25, -0.2) is 0 Å². The first-order valence-electron chi connectivity index (χ1n) is 6.83. The Labute approximate surface area is 112 Å². The molecule has 1 rings (SSSR count). The quantitative estimate of drug-likeness (QED) is 0.856. The Bertz CT molecular complexity index is 375. The maximum atomic E-state index is 4.42. The van der Waals surface area contributed by atoms with E-state index in [1.165, 1.54) is 5.56 Å². The topological polar surface area (TPSA) is 24.9 Å². The Morgan fingerprint density at radius 2 is 1.78 bits per heavy atom.